The Balaban J connectivity index is 1.52. The smallest absolute Gasteiger partial charge is 0.229 e. The van der Waals surface area contributed by atoms with Gasteiger partial charge in [0.1, 0.15) is 11.5 Å². The second kappa shape index (κ2) is 7.66. The number of hydrogen-bond donors (Lipinski definition) is 1. The molecule has 2 amide bonds. The molecule has 154 valence electrons. The summed E-state index contributed by atoms with van der Waals surface area (Å²) >= 11 is 0. The van der Waals surface area contributed by atoms with Gasteiger partial charge in [-0.2, -0.15) is 4.68 Å². The quantitative estimate of drug-likeness (QED) is 0.717. The molecule has 8 nitrogen and oxygen atoms in total. The number of rotatable bonds is 4. The summed E-state index contributed by atoms with van der Waals surface area (Å²) in [5, 5.41) is 13.8. The molecule has 30 heavy (non-hydrogen) atoms. The number of carbonyl (C=O) groups excluding carboxylic acids is 2. The molecule has 2 aromatic carbocycles. The predicted octanol–water partition coefficient (Wildman–Crippen LogP) is 2.72. The molecule has 1 unspecified atom stereocenters. The standard InChI is InChI=1S/C21H21FN6O2/c1-12-5-4-6-18(13(12)2)27-11-15(9-20(27)29)21(30)23-16-7-8-17(22)19(10-16)28-14(3)24-25-26-28/h4-8,10,15H,9,11H2,1-3H3,(H,23,30). The lowest BCUT2D eigenvalue weighted by Gasteiger charge is -2.20. The third-order valence-corrected chi connectivity index (χ3v) is 5.43. The van der Waals surface area contributed by atoms with Gasteiger partial charge in [0, 0.05) is 24.3 Å². The molecule has 0 bridgehead atoms. The van der Waals surface area contributed by atoms with Gasteiger partial charge in [-0.15, -0.1) is 5.10 Å². The molecular formula is C21H21FN6O2. The van der Waals surface area contributed by atoms with Crippen LogP contribution in [0.25, 0.3) is 5.69 Å². The Hall–Kier alpha value is -3.62. The number of amides is 2. The molecule has 0 radical (unpaired) electrons. The Morgan fingerprint density at radius 3 is 2.70 bits per heavy atom. The van der Waals surface area contributed by atoms with Crippen LogP contribution in [0, 0.1) is 32.5 Å². The monoisotopic (exact) mass is 408 g/mol. The van der Waals surface area contributed by atoms with E-state index in [9.17, 15) is 14.0 Å². The maximum Gasteiger partial charge on any atom is 0.229 e. The number of aryl methyl sites for hydroxylation is 2. The van der Waals surface area contributed by atoms with Crippen LogP contribution < -0.4 is 10.2 Å². The van der Waals surface area contributed by atoms with Crippen LogP contribution in [0.4, 0.5) is 15.8 Å². The SMILES string of the molecule is Cc1cccc(N2CC(C(=O)Nc3ccc(F)c(-n4nnnc4C)c3)CC2=O)c1C. The minimum absolute atomic E-state index is 0.0899. The molecule has 0 aliphatic carbocycles. The van der Waals surface area contributed by atoms with Crippen LogP contribution in [0.3, 0.4) is 0 Å². The van der Waals surface area contributed by atoms with Crippen molar-refractivity contribution in [2.45, 2.75) is 27.2 Å². The van der Waals surface area contributed by atoms with Crippen molar-refractivity contribution in [1.29, 1.82) is 0 Å². The highest BCUT2D eigenvalue weighted by Crippen LogP contribution is 2.30. The normalized spacial score (nSPS) is 16.2. The Bertz CT molecular complexity index is 1140. The number of nitrogens with one attached hydrogen (secondary N) is 1. The van der Waals surface area contributed by atoms with Crippen molar-refractivity contribution in [3.05, 3.63) is 59.2 Å². The van der Waals surface area contributed by atoms with E-state index in [1.54, 1.807) is 11.8 Å². The van der Waals surface area contributed by atoms with Crippen molar-refractivity contribution < 1.29 is 14.0 Å². The van der Waals surface area contributed by atoms with Crippen LogP contribution >= 0.6 is 0 Å². The van der Waals surface area contributed by atoms with Crippen LogP contribution in [0.2, 0.25) is 0 Å². The lowest BCUT2D eigenvalue weighted by atomic mass is 10.1. The summed E-state index contributed by atoms with van der Waals surface area (Å²) < 4.78 is 15.5. The van der Waals surface area contributed by atoms with E-state index in [0.717, 1.165) is 16.8 Å². The summed E-state index contributed by atoms with van der Waals surface area (Å²) in [7, 11) is 0. The number of hydrogen-bond acceptors (Lipinski definition) is 5. The molecular weight excluding hydrogens is 387 g/mol. The van der Waals surface area contributed by atoms with Crippen molar-refractivity contribution >= 4 is 23.2 Å². The Labute approximate surface area is 172 Å². The molecule has 2 heterocycles. The number of halogens is 1. The predicted molar refractivity (Wildman–Crippen MR) is 109 cm³/mol. The zero-order chi connectivity index (χ0) is 21.4. The molecule has 9 heteroatoms. The van der Waals surface area contributed by atoms with E-state index in [2.05, 4.69) is 20.8 Å². The fourth-order valence-corrected chi connectivity index (χ4v) is 3.60. The first-order chi connectivity index (χ1) is 14.3. The molecule has 1 aromatic heterocycles. The van der Waals surface area contributed by atoms with Gasteiger partial charge in [-0.3, -0.25) is 9.59 Å². The topological polar surface area (TPSA) is 93.0 Å². The average molecular weight is 408 g/mol. The molecule has 4 rings (SSSR count). The summed E-state index contributed by atoms with van der Waals surface area (Å²) in [5.74, 6) is -0.973. The molecule has 1 saturated heterocycles. The first-order valence-electron chi connectivity index (χ1n) is 9.57. The first kappa shape index (κ1) is 19.7. The van der Waals surface area contributed by atoms with E-state index in [0.29, 0.717) is 18.1 Å². The van der Waals surface area contributed by atoms with E-state index in [1.807, 2.05) is 32.0 Å². The summed E-state index contributed by atoms with van der Waals surface area (Å²) in [5.41, 5.74) is 3.48. The fourth-order valence-electron chi connectivity index (χ4n) is 3.60. The van der Waals surface area contributed by atoms with Crippen molar-refractivity contribution in [2.75, 3.05) is 16.8 Å². The minimum Gasteiger partial charge on any atom is -0.326 e. The second-order valence-electron chi connectivity index (χ2n) is 7.42. The summed E-state index contributed by atoms with van der Waals surface area (Å²) in [4.78, 5) is 27.0. The number of carbonyl (C=O) groups is 2. The van der Waals surface area contributed by atoms with Gasteiger partial charge in [0.2, 0.25) is 11.8 Å². The van der Waals surface area contributed by atoms with Crippen molar-refractivity contribution in [1.82, 2.24) is 20.2 Å². The van der Waals surface area contributed by atoms with E-state index in [-0.39, 0.29) is 23.9 Å². The molecule has 0 saturated carbocycles. The Morgan fingerprint density at radius 2 is 1.97 bits per heavy atom. The molecule has 1 aliphatic heterocycles. The second-order valence-corrected chi connectivity index (χ2v) is 7.42. The van der Waals surface area contributed by atoms with Crippen molar-refractivity contribution in [3.8, 4) is 5.69 Å². The summed E-state index contributed by atoms with van der Waals surface area (Å²) in [6, 6.07) is 9.96. The maximum absolute atomic E-state index is 14.2. The average Bonchev–Trinajstić information content (AvgIpc) is 3.31. The lowest BCUT2D eigenvalue weighted by Crippen LogP contribution is -2.28. The van der Waals surface area contributed by atoms with Crippen LogP contribution in [-0.2, 0) is 9.59 Å². The van der Waals surface area contributed by atoms with E-state index < -0.39 is 11.7 Å². The molecule has 3 aromatic rings. The van der Waals surface area contributed by atoms with Gasteiger partial charge < -0.3 is 10.2 Å². The summed E-state index contributed by atoms with van der Waals surface area (Å²) in [6.45, 7) is 5.90. The van der Waals surface area contributed by atoms with Crippen molar-refractivity contribution in [2.24, 2.45) is 5.92 Å². The van der Waals surface area contributed by atoms with Crippen LogP contribution in [0.15, 0.2) is 36.4 Å². The lowest BCUT2D eigenvalue weighted by molar-refractivity contribution is -0.122. The number of anilines is 2. The van der Waals surface area contributed by atoms with Gasteiger partial charge in [-0.05, 0) is 66.6 Å². The van der Waals surface area contributed by atoms with E-state index in [4.69, 9.17) is 0 Å². The minimum atomic E-state index is -0.513. The molecule has 1 atom stereocenters. The van der Waals surface area contributed by atoms with Gasteiger partial charge in [0.05, 0.1) is 5.92 Å². The number of aromatic nitrogens is 4. The zero-order valence-corrected chi connectivity index (χ0v) is 16.9. The van der Waals surface area contributed by atoms with E-state index in [1.165, 1.54) is 22.9 Å². The number of benzene rings is 2. The van der Waals surface area contributed by atoms with Crippen molar-refractivity contribution in [3.63, 3.8) is 0 Å². The largest absolute Gasteiger partial charge is 0.326 e. The summed E-state index contributed by atoms with van der Waals surface area (Å²) in [6.07, 6.45) is 0.124. The Kier molecular flexibility index (Phi) is 5.03. The zero-order valence-electron chi connectivity index (χ0n) is 16.9. The number of nitrogens with zero attached hydrogens (tertiary/aromatic N) is 5. The highest BCUT2D eigenvalue weighted by atomic mass is 19.1. The molecule has 1 aliphatic rings. The highest BCUT2D eigenvalue weighted by Gasteiger charge is 2.35. The van der Waals surface area contributed by atoms with Gasteiger partial charge >= 0.3 is 0 Å². The van der Waals surface area contributed by atoms with Crippen LogP contribution in [-0.4, -0.2) is 38.6 Å². The number of tetrazole rings is 1. The molecule has 1 fully saturated rings. The molecule has 1 N–H and O–H groups in total. The first-order valence-corrected chi connectivity index (χ1v) is 9.57. The van der Waals surface area contributed by atoms with Gasteiger partial charge in [-0.25, -0.2) is 4.39 Å². The fraction of sp³-hybridized carbons (Fsp3) is 0.286. The van der Waals surface area contributed by atoms with Crippen LogP contribution in [0.5, 0.6) is 0 Å². The highest BCUT2D eigenvalue weighted by molar-refractivity contribution is 6.04. The van der Waals surface area contributed by atoms with Gasteiger partial charge in [0.15, 0.2) is 5.82 Å². The van der Waals surface area contributed by atoms with Gasteiger partial charge in [0.25, 0.3) is 0 Å². The van der Waals surface area contributed by atoms with Gasteiger partial charge in [-0.1, -0.05) is 12.1 Å². The van der Waals surface area contributed by atoms with Crippen LogP contribution in [0.1, 0.15) is 23.4 Å². The molecule has 0 spiro atoms. The van der Waals surface area contributed by atoms with E-state index >= 15 is 0 Å². The Morgan fingerprint density at radius 1 is 1.17 bits per heavy atom. The third-order valence-electron chi connectivity index (χ3n) is 5.43. The maximum atomic E-state index is 14.2. The third kappa shape index (κ3) is 3.54.